The number of fused-ring (bicyclic) bond motifs is 1. The van der Waals surface area contributed by atoms with E-state index < -0.39 is 0 Å². The Labute approximate surface area is 142 Å². The second kappa shape index (κ2) is 7.46. The Hall–Kier alpha value is -1.38. The lowest BCUT2D eigenvalue weighted by Gasteiger charge is -2.16. The van der Waals surface area contributed by atoms with E-state index in [9.17, 15) is 9.59 Å². The molecule has 0 bridgehead atoms. The van der Waals surface area contributed by atoms with Gasteiger partial charge in [0.05, 0.1) is 24.4 Å². The molecule has 8 heteroatoms. The molecule has 1 amide bonds. The predicted octanol–water partition coefficient (Wildman–Crippen LogP) is 1.82. The summed E-state index contributed by atoms with van der Waals surface area (Å²) in [6, 6.07) is 1.84. The Morgan fingerprint density at radius 1 is 1.43 bits per heavy atom. The first-order valence-electron chi connectivity index (χ1n) is 7.58. The topological polar surface area (TPSA) is 64.4 Å². The summed E-state index contributed by atoms with van der Waals surface area (Å²) < 4.78 is 7.35. The molecule has 3 rings (SSSR count). The SMILES string of the molecule is COCCn1c(SCC(=O)N2CCCC2)nc2ccsc2c1=O. The monoisotopic (exact) mass is 353 g/mol. The molecule has 0 spiro atoms. The Morgan fingerprint density at radius 3 is 2.96 bits per heavy atom. The maximum absolute atomic E-state index is 12.6. The fraction of sp³-hybridized carbons (Fsp3) is 0.533. The van der Waals surface area contributed by atoms with Crippen LogP contribution in [0.25, 0.3) is 10.2 Å². The Balaban J connectivity index is 1.82. The van der Waals surface area contributed by atoms with Gasteiger partial charge in [0.2, 0.25) is 5.91 Å². The highest BCUT2D eigenvalue weighted by molar-refractivity contribution is 7.99. The molecule has 2 aromatic rings. The Kier molecular flexibility index (Phi) is 5.34. The highest BCUT2D eigenvalue weighted by Gasteiger charge is 2.19. The summed E-state index contributed by atoms with van der Waals surface area (Å²) in [5.41, 5.74) is 0.642. The van der Waals surface area contributed by atoms with Crippen LogP contribution in [-0.2, 0) is 16.1 Å². The third kappa shape index (κ3) is 3.59. The number of ether oxygens (including phenoxy) is 1. The van der Waals surface area contributed by atoms with E-state index in [4.69, 9.17) is 4.74 Å². The molecule has 2 aromatic heterocycles. The average Bonchev–Trinajstić information content (AvgIpc) is 3.23. The summed E-state index contributed by atoms with van der Waals surface area (Å²) in [6.07, 6.45) is 2.15. The molecule has 0 N–H and O–H groups in total. The zero-order chi connectivity index (χ0) is 16.2. The van der Waals surface area contributed by atoms with E-state index in [2.05, 4.69) is 4.98 Å². The van der Waals surface area contributed by atoms with Crippen LogP contribution in [0.2, 0.25) is 0 Å². The zero-order valence-corrected chi connectivity index (χ0v) is 14.6. The van der Waals surface area contributed by atoms with E-state index in [0.29, 0.717) is 34.3 Å². The fourth-order valence-corrected chi connectivity index (χ4v) is 4.30. The largest absolute Gasteiger partial charge is 0.383 e. The smallest absolute Gasteiger partial charge is 0.272 e. The molecule has 1 fully saturated rings. The number of hydrogen-bond acceptors (Lipinski definition) is 6. The standard InChI is InChI=1S/C15H19N3O3S2/c1-21-8-7-18-14(20)13-11(4-9-22-13)16-15(18)23-10-12(19)17-5-2-3-6-17/h4,9H,2-3,5-8,10H2,1H3. The maximum Gasteiger partial charge on any atom is 0.272 e. The summed E-state index contributed by atoms with van der Waals surface area (Å²) in [7, 11) is 1.60. The van der Waals surface area contributed by atoms with E-state index in [-0.39, 0.29) is 11.5 Å². The van der Waals surface area contributed by atoms with Gasteiger partial charge >= 0.3 is 0 Å². The van der Waals surface area contributed by atoms with Crippen LogP contribution >= 0.6 is 23.1 Å². The number of methoxy groups -OCH3 is 1. The lowest BCUT2D eigenvalue weighted by Crippen LogP contribution is -2.30. The molecule has 6 nitrogen and oxygen atoms in total. The number of likely N-dealkylation sites (tertiary alicyclic amines) is 1. The summed E-state index contributed by atoms with van der Waals surface area (Å²) in [5.74, 6) is 0.431. The maximum atomic E-state index is 12.6. The number of aromatic nitrogens is 2. The molecule has 0 atom stereocenters. The van der Waals surface area contributed by atoms with Crippen molar-refractivity contribution in [3.63, 3.8) is 0 Å². The van der Waals surface area contributed by atoms with E-state index in [1.165, 1.54) is 23.1 Å². The van der Waals surface area contributed by atoms with E-state index in [1.54, 1.807) is 11.7 Å². The predicted molar refractivity (Wildman–Crippen MR) is 92.3 cm³/mol. The minimum Gasteiger partial charge on any atom is -0.383 e. The van der Waals surface area contributed by atoms with E-state index >= 15 is 0 Å². The Bertz CT molecular complexity index is 750. The van der Waals surface area contributed by atoms with Crippen molar-refractivity contribution in [3.05, 3.63) is 21.8 Å². The Morgan fingerprint density at radius 2 is 2.22 bits per heavy atom. The van der Waals surface area contributed by atoms with Gasteiger partial charge in [0.15, 0.2) is 5.16 Å². The molecule has 0 saturated carbocycles. The van der Waals surface area contributed by atoms with Gasteiger partial charge in [-0.1, -0.05) is 11.8 Å². The van der Waals surface area contributed by atoms with E-state index in [0.717, 1.165) is 25.9 Å². The second-order valence-electron chi connectivity index (χ2n) is 5.36. The molecule has 0 aliphatic carbocycles. The van der Waals surface area contributed by atoms with Crippen molar-refractivity contribution in [1.29, 1.82) is 0 Å². The number of hydrogen-bond donors (Lipinski definition) is 0. The van der Waals surface area contributed by atoms with Gasteiger partial charge in [0, 0.05) is 20.2 Å². The van der Waals surface area contributed by atoms with Gasteiger partial charge in [-0.2, -0.15) is 0 Å². The molecule has 124 valence electrons. The first kappa shape index (κ1) is 16.5. The van der Waals surface area contributed by atoms with Crippen molar-refractivity contribution in [2.75, 3.05) is 32.6 Å². The van der Waals surface area contributed by atoms with Crippen LogP contribution in [0.3, 0.4) is 0 Å². The van der Waals surface area contributed by atoms with Crippen molar-refractivity contribution in [2.45, 2.75) is 24.5 Å². The van der Waals surface area contributed by atoms with Gasteiger partial charge < -0.3 is 9.64 Å². The third-order valence-corrected chi connectivity index (χ3v) is 5.69. The molecule has 0 unspecified atom stereocenters. The molecule has 0 aromatic carbocycles. The number of nitrogens with zero attached hydrogens (tertiary/aromatic N) is 3. The molecule has 0 radical (unpaired) electrons. The number of thioether (sulfide) groups is 1. The van der Waals surface area contributed by atoms with Gasteiger partial charge in [0.1, 0.15) is 4.70 Å². The minimum absolute atomic E-state index is 0.0572. The molecule has 1 saturated heterocycles. The lowest BCUT2D eigenvalue weighted by molar-refractivity contribution is -0.127. The summed E-state index contributed by atoms with van der Waals surface area (Å²) >= 11 is 2.73. The zero-order valence-electron chi connectivity index (χ0n) is 13.0. The number of carbonyl (C=O) groups excluding carboxylic acids is 1. The quantitative estimate of drug-likeness (QED) is 0.585. The highest BCUT2D eigenvalue weighted by Crippen LogP contribution is 2.21. The first-order chi connectivity index (χ1) is 11.2. The third-order valence-electron chi connectivity index (χ3n) is 3.83. The molecule has 1 aliphatic rings. The van der Waals surface area contributed by atoms with Gasteiger partial charge in [-0.05, 0) is 24.3 Å². The summed E-state index contributed by atoms with van der Waals surface area (Å²) in [5, 5.41) is 2.45. The van der Waals surface area contributed by atoms with Crippen LogP contribution in [0.1, 0.15) is 12.8 Å². The van der Waals surface area contributed by atoms with Crippen molar-refractivity contribution in [2.24, 2.45) is 0 Å². The van der Waals surface area contributed by atoms with E-state index in [1.807, 2.05) is 16.3 Å². The highest BCUT2D eigenvalue weighted by atomic mass is 32.2. The van der Waals surface area contributed by atoms with Crippen molar-refractivity contribution in [3.8, 4) is 0 Å². The van der Waals surface area contributed by atoms with Crippen LogP contribution in [0.4, 0.5) is 0 Å². The second-order valence-corrected chi connectivity index (χ2v) is 7.21. The van der Waals surface area contributed by atoms with Crippen LogP contribution in [-0.4, -0.2) is 52.9 Å². The molecular weight excluding hydrogens is 334 g/mol. The van der Waals surface area contributed by atoms with Crippen LogP contribution in [0.15, 0.2) is 21.4 Å². The van der Waals surface area contributed by atoms with Crippen molar-refractivity contribution in [1.82, 2.24) is 14.5 Å². The van der Waals surface area contributed by atoms with Gasteiger partial charge in [-0.15, -0.1) is 11.3 Å². The van der Waals surface area contributed by atoms with Gasteiger partial charge in [-0.3, -0.25) is 14.2 Å². The number of carbonyl (C=O) groups is 1. The average molecular weight is 353 g/mol. The normalized spacial score (nSPS) is 14.7. The molecule has 3 heterocycles. The molecular formula is C15H19N3O3S2. The molecule has 1 aliphatic heterocycles. The first-order valence-corrected chi connectivity index (χ1v) is 9.45. The number of thiophene rings is 1. The fourth-order valence-electron chi connectivity index (χ4n) is 2.60. The lowest BCUT2D eigenvalue weighted by atomic mass is 10.4. The minimum atomic E-state index is -0.0572. The van der Waals surface area contributed by atoms with Crippen LogP contribution in [0, 0.1) is 0 Å². The van der Waals surface area contributed by atoms with Crippen LogP contribution < -0.4 is 5.56 Å². The molecule has 23 heavy (non-hydrogen) atoms. The van der Waals surface area contributed by atoms with Crippen molar-refractivity contribution >= 4 is 39.2 Å². The number of amides is 1. The number of rotatable bonds is 6. The van der Waals surface area contributed by atoms with Gasteiger partial charge in [-0.25, -0.2) is 4.98 Å². The van der Waals surface area contributed by atoms with Crippen molar-refractivity contribution < 1.29 is 9.53 Å². The van der Waals surface area contributed by atoms with Gasteiger partial charge in [0.25, 0.3) is 5.56 Å². The van der Waals surface area contributed by atoms with Crippen LogP contribution in [0.5, 0.6) is 0 Å². The summed E-state index contributed by atoms with van der Waals surface area (Å²) in [6.45, 7) is 2.56. The summed E-state index contributed by atoms with van der Waals surface area (Å²) in [4.78, 5) is 31.2.